The van der Waals surface area contributed by atoms with E-state index in [4.69, 9.17) is 9.47 Å². The molecule has 1 fully saturated rings. The van der Waals surface area contributed by atoms with Gasteiger partial charge in [-0.2, -0.15) is 0 Å². The highest BCUT2D eigenvalue weighted by molar-refractivity contribution is 7.25. The Hall–Kier alpha value is -3.46. The Morgan fingerprint density at radius 1 is 1.12 bits per heavy atom. The molecule has 4 heterocycles. The standard InChI is InChI=1S/C23H23N5O3S/c1-30-15-5-6-18(31-2)17(12-15)27-22(29)14-7-10-28(11-8-14)21-20-19(25-13-26-21)16-4-3-9-24-23(16)32-20/h3-6,9,12-14H,7-8,10-11H2,1-2H3,(H,27,29). The third-order valence-corrected chi connectivity index (χ3v) is 6.94. The van der Waals surface area contributed by atoms with Crippen LogP contribution in [-0.4, -0.2) is 48.2 Å². The number of carbonyl (C=O) groups is 1. The third kappa shape index (κ3) is 3.69. The predicted molar refractivity (Wildman–Crippen MR) is 126 cm³/mol. The van der Waals surface area contributed by atoms with Gasteiger partial charge >= 0.3 is 0 Å². The Morgan fingerprint density at radius 2 is 1.97 bits per heavy atom. The van der Waals surface area contributed by atoms with Crippen LogP contribution in [0.4, 0.5) is 11.5 Å². The van der Waals surface area contributed by atoms with Gasteiger partial charge < -0.3 is 19.7 Å². The van der Waals surface area contributed by atoms with Gasteiger partial charge in [-0.3, -0.25) is 4.79 Å². The number of ether oxygens (including phenoxy) is 2. The summed E-state index contributed by atoms with van der Waals surface area (Å²) in [4.78, 5) is 29.7. The number of hydrogen-bond acceptors (Lipinski definition) is 8. The van der Waals surface area contributed by atoms with Gasteiger partial charge in [-0.05, 0) is 37.1 Å². The van der Waals surface area contributed by atoms with E-state index in [-0.39, 0.29) is 11.8 Å². The van der Waals surface area contributed by atoms with Crippen LogP contribution in [-0.2, 0) is 4.79 Å². The first-order chi connectivity index (χ1) is 15.7. The molecule has 9 heteroatoms. The lowest BCUT2D eigenvalue weighted by atomic mass is 9.95. The SMILES string of the molecule is COc1ccc(OC)c(NC(=O)C2CCN(c3ncnc4c3sc3ncccc34)CC2)c1. The zero-order valence-electron chi connectivity index (χ0n) is 17.9. The molecule has 1 aromatic carbocycles. The van der Waals surface area contributed by atoms with Crippen molar-refractivity contribution >= 4 is 49.2 Å². The third-order valence-electron chi connectivity index (χ3n) is 5.84. The van der Waals surface area contributed by atoms with Crippen molar-refractivity contribution in [2.45, 2.75) is 12.8 Å². The molecule has 1 aliphatic heterocycles. The number of benzene rings is 1. The van der Waals surface area contributed by atoms with E-state index in [0.717, 1.165) is 52.2 Å². The topological polar surface area (TPSA) is 89.5 Å². The first-order valence-electron chi connectivity index (χ1n) is 10.4. The lowest BCUT2D eigenvalue weighted by Gasteiger charge is -2.32. The Bertz CT molecular complexity index is 1280. The number of nitrogens with one attached hydrogen (secondary N) is 1. The molecule has 0 atom stereocenters. The van der Waals surface area contributed by atoms with Gasteiger partial charge in [0.1, 0.15) is 28.5 Å². The van der Waals surface area contributed by atoms with Crippen molar-refractivity contribution in [2.75, 3.05) is 37.5 Å². The smallest absolute Gasteiger partial charge is 0.227 e. The number of rotatable bonds is 5. The molecule has 1 aliphatic rings. The second-order valence-corrected chi connectivity index (χ2v) is 8.65. The molecular formula is C23H23N5O3S. The van der Waals surface area contributed by atoms with Crippen molar-refractivity contribution in [1.82, 2.24) is 15.0 Å². The van der Waals surface area contributed by atoms with Crippen molar-refractivity contribution in [1.29, 1.82) is 0 Å². The largest absolute Gasteiger partial charge is 0.497 e. The molecule has 0 saturated carbocycles. The van der Waals surface area contributed by atoms with Gasteiger partial charge in [-0.1, -0.05) is 0 Å². The van der Waals surface area contributed by atoms with E-state index in [9.17, 15) is 4.79 Å². The summed E-state index contributed by atoms with van der Waals surface area (Å²) in [6.07, 6.45) is 4.90. The minimum atomic E-state index is -0.0800. The van der Waals surface area contributed by atoms with E-state index in [1.165, 1.54) is 0 Å². The van der Waals surface area contributed by atoms with Crippen molar-refractivity contribution in [2.24, 2.45) is 5.92 Å². The fourth-order valence-electron chi connectivity index (χ4n) is 4.12. The molecular weight excluding hydrogens is 426 g/mol. The van der Waals surface area contributed by atoms with Gasteiger partial charge in [0.25, 0.3) is 0 Å². The van der Waals surface area contributed by atoms with Gasteiger partial charge in [-0.25, -0.2) is 15.0 Å². The Labute approximate surface area is 189 Å². The van der Waals surface area contributed by atoms with Crippen LogP contribution in [0.2, 0.25) is 0 Å². The highest BCUT2D eigenvalue weighted by atomic mass is 32.1. The lowest BCUT2D eigenvalue weighted by molar-refractivity contribution is -0.120. The summed E-state index contributed by atoms with van der Waals surface area (Å²) in [5.74, 6) is 2.12. The number of piperidine rings is 1. The molecule has 5 rings (SSSR count). The second kappa shape index (κ2) is 8.58. The molecule has 8 nitrogen and oxygen atoms in total. The van der Waals surface area contributed by atoms with E-state index >= 15 is 0 Å². The summed E-state index contributed by atoms with van der Waals surface area (Å²) in [6.45, 7) is 1.50. The molecule has 1 saturated heterocycles. The highest BCUT2D eigenvalue weighted by Crippen LogP contribution is 2.37. The van der Waals surface area contributed by atoms with Crippen LogP contribution in [0.3, 0.4) is 0 Å². The summed E-state index contributed by atoms with van der Waals surface area (Å²) >= 11 is 1.62. The van der Waals surface area contributed by atoms with E-state index in [1.54, 1.807) is 56.3 Å². The summed E-state index contributed by atoms with van der Waals surface area (Å²) in [7, 11) is 3.18. The highest BCUT2D eigenvalue weighted by Gasteiger charge is 2.28. The fourth-order valence-corrected chi connectivity index (χ4v) is 5.24. The van der Waals surface area contributed by atoms with Gasteiger partial charge in [0.05, 0.1) is 30.1 Å². The maximum absolute atomic E-state index is 13.0. The van der Waals surface area contributed by atoms with Crippen molar-refractivity contribution in [3.63, 3.8) is 0 Å². The Kier molecular flexibility index (Phi) is 5.48. The van der Waals surface area contributed by atoms with E-state index in [1.807, 2.05) is 12.1 Å². The van der Waals surface area contributed by atoms with E-state index < -0.39 is 0 Å². The summed E-state index contributed by atoms with van der Waals surface area (Å²) in [5, 5.41) is 4.07. The molecule has 32 heavy (non-hydrogen) atoms. The quantitative estimate of drug-likeness (QED) is 0.490. The number of aromatic nitrogens is 3. The number of pyridine rings is 1. The number of amides is 1. The molecule has 4 aromatic rings. The van der Waals surface area contributed by atoms with Gasteiger partial charge in [0, 0.05) is 36.7 Å². The summed E-state index contributed by atoms with van der Waals surface area (Å²) in [5.41, 5.74) is 1.56. The second-order valence-electron chi connectivity index (χ2n) is 7.65. The Morgan fingerprint density at radius 3 is 2.75 bits per heavy atom. The molecule has 1 N–H and O–H groups in total. The molecule has 0 radical (unpaired) electrons. The minimum absolute atomic E-state index is 0.00454. The van der Waals surface area contributed by atoms with Crippen LogP contribution in [0.25, 0.3) is 20.4 Å². The first-order valence-corrected chi connectivity index (χ1v) is 11.3. The molecule has 1 amide bonds. The fraction of sp³-hybridized carbons (Fsp3) is 0.304. The maximum Gasteiger partial charge on any atom is 0.227 e. The van der Waals surface area contributed by atoms with Crippen molar-refractivity contribution < 1.29 is 14.3 Å². The zero-order chi connectivity index (χ0) is 22.1. The molecule has 3 aromatic heterocycles. The average molecular weight is 450 g/mol. The molecule has 0 unspecified atom stereocenters. The van der Waals surface area contributed by atoms with E-state index in [2.05, 4.69) is 25.2 Å². The lowest BCUT2D eigenvalue weighted by Crippen LogP contribution is -2.38. The number of thiophene rings is 1. The van der Waals surface area contributed by atoms with Crippen molar-refractivity contribution in [3.05, 3.63) is 42.9 Å². The predicted octanol–water partition coefficient (Wildman–Crippen LogP) is 4.11. The van der Waals surface area contributed by atoms with Crippen LogP contribution in [0.1, 0.15) is 12.8 Å². The first kappa shape index (κ1) is 20.4. The van der Waals surface area contributed by atoms with Crippen molar-refractivity contribution in [3.8, 4) is 11.5 Å². The van der Waals surface area contributed by atoms with Crippen LogP contribution < -0.4 is 19.7 Å². The van der Waals surface area contributed by atoms with Crippen LogP contribution in [0, 0.1) is 5.92 Å². The number of fused-ring (bicyclic) bond motifs is 3. The van der Waals surface area contributed by atoms with Gasteiger partial charge in [0.2, 0.25) is 5.91 Å². The number of methoxy groups -OCH3 is 2. The number of hydrogen-bond donors (Lipinski definition) is 1. The van der Waals surface area contributed by atoms with Gasteiger partial charge in [-0.15, -0.1) is 11.3 Å². The van der Waals surface area contributed by atoms with Crippen LogP contribution in [0.5, 0.6) is 11.5 Å². The normalized spacial score (nSPS) is 14.6. The van der Waals surface area contributed by atoms with Crippen LogP contribution in [0.15, 0.2) is 42.9 Å². The number of nitrogens with zero attached hydrogens (tertiary/aromatic N) is 4. The Balaban J connectivity index is 1.31. The molecule has 0 bridgehead atoms. The molecule has 164 valence electrons. The summed E-state index contributed by atoms with van der Waals surface area (Å²) in [6, 6.07) is 9.34. The monoisotopic (exact) mass is 449 g/mol. The molecule has 0 aliphatic carbocycles. The number of carbonyl (C=O) groups excluding carboxylic acids is 1. The average Bonchev–Trinajstić information content (AvgIpc) is 3.23. The molecule has 0 spiro atoms. The van der Waals surface area contributed by atoms with E-state index in [0.29, 0.717) is 17.2 Å². The number of anilines is 2. The summed E-state index contributed by atoms with van der Waals surface area (Å²) < 4.78 is 11.7. The zero-order valence-corrected chi connectivity index (χ0v) is 18.7. The van der Waals surface area contributed by atoms with Crippen LogP contribution >= 0.6 is 11.3 Å². The van der Waals surface area contributed by atoms with Gasteiger partial charge in [0.15, 0.2) is 0 Å². The minimum Gasteiger partial charge on any atom is -0.497 e. The maximum atomic E-state index is 13.0.